The van der Waals surface area contributed by atoms with Gasteiger partial charge in [0.15, 0.2) is 0 Å². The summed E-state index contributed by atoms with van der Waals surface area (Å²) in [5, 5.41) is 1.13. The molecule has 0 radical (unpaired) electrons. The fraction of sp³-hybridized carbons (Fsp3) is 0.556. The summed E-state index contributed by atoms with van der Waals surface area (Å²) in [6.07, 6.45) is 6.94. The molecule has 114 valence electrons. The Labute approximate surface area is 126 Å². The molecule has 1 atom stereocenters. The number of rotatable bonds is 3. The van der Waals surface area contributed by atoms with Gasteiger partial charge in [-0.3, -0.25) is 0 Å². The first kappa shape index (κ1) is 14.6. The lowest BCUT2D eigenvalue weighted by Gasteiger charge is -2.36. The molecule has 1 fully saturated rings. The van der Waals surface area contributed by atoms with Crippen molar-refractivity contribution in [3.8, 4) is 0 Å². The minimum absolute atomic E-state index is 0.201. The second-order valence-electron chi connectivity index (χ2n) is 6.35. The molecular formula is C18H25NO2. The van der Waals surface area contributed by atoms with Crippen molar-refractivity contribution in [2.75, 3.05) is 7.11 Å². The van der Waals surface area contributed by atoms with Crippen molar-refractivity contribution in [1.82, 2.24) is 0 Å². The number of aryl methyl sites for hydroxylation is 1. The van der Waals surface area contributed by atoms with Gasteiger partial charge in [0, 0.05) is 12.5 Å². The fourth-order valence-corrected chi connectivity index (χ4v) is 3.56. The minimum atomic E-state index is -0.278. The zero-order valence-corrected chi connectivity index (χ0v) is 13.0. The van der Waals surface area contributed by atoms with Gasteiger partial charge in [0.2, 0.25) is 0 Å². The van der Waals surface area contributed by atoms with E-state index in [1.54, 1.807) is 7.11 Å². The monoisotopic (exact) mass is 287 g/mol. The number of fused-ring (bicyclic) bond motifs is 1. The summed E-state index contributed by atoms with van der Waals surface area (Å²) < 4.78 is 11.9. The van der Waals surface area contributed by atoms with E-state index in [1.807, 2.05) is 6.07 Å². The highest BCUT2D eigenvalue weighted by Gasteiger charge is 2.39. The summed E-state index contributed by atoms with van der Waals surface area (Å²) in [6, 6.07) is 8.11. The molecule has 0 bridgehead atoms. The van der Waals surface area contributed by atoms with Gasteiger partial charge in [-0.15, -0.1) is 0 Å². The quantitative estimate of drug-likeness (QED) is 0.847. The van der Waals surface area contributed by atoms with Crippen molar-refractivity contribution < 1.29 is 9.15 Å². The number of ether oxygens (including phenoxy) is 1. The normalized spacial score (nSPS) is 20.3. The molecule has 2 aromatic rings. The topological polar surface area (TPSA) is 48.4 Å². The van der Waals surface area contributed by atoms with Crippen molar-refractivity contribution in [2.45, 2.75) is 57.1 Å². The van der Waals surface area contributed by atoms with Gasteiger partial charge in [0.05, 0.1) is 11.6 Å². The Morgan fingerprint density at radius 3 is 2.52 bits per heavy atom. The van der Waals surface area contributed by atoms with Crippen LogP contribution in [0, 0.1) is 6.92 Å². The molecule has 2 N–H and O–H groups in total. The van der Waals surface area contributed by atoms with E-state index in [2.05, 4.69) is 25.1 Å². The Kier molecular flexibility index (Phi) is 4.05. The number of benzene rings is 1. The van der Waals surface area contributed by atoms with Gasteiger partial charge in [-0.1, -0.05) is 37.3 Å². The Balaban J connectivity index is 1.95. The predicted octanol–water partition coefficient (Wildman–Crippen LogP) is 4.48. The van der Waals surface area contributed by atoms with Crippen molar-refractivity contribution >= 4 is 11.0 Å². The fourth-order valence-electron chi connectivity index (χ4n) is 3.56. The van der Waals surface area contributed by atoms with Gasteiger partial charge in [-0.2, -0.15) is 0 Å². The highest BCUT2D eigenvalue weighted by atomic mass is 16.5. The average Bonchev–Trinajstić information content (AvgIpc) is 2.75. The molecule has 1 aromatic carbocycles. The predicted molar refractivity (Wildman–Crippen MR) is 85.3 cm³/mol. The van der Waals surface area contributed by atoms with Crippen LogP contribution < -0.4 is 5.73 Å². The molecule has 1 saturated carbocycles. The molecule has 0 aliphatic heterocycles. The van der Waals surface area contributed by atoms with E-state index >= 15 is 0 Å². The first-order chi connectivity index (χ1) is 10.1. The molecule has 3 heteroatoms. The van der Waals surface area contributed by atoms with Gasteiger partial charge < -0.3 is 14.9 Å². The van der Waals surface area contributed by atoms with Crippen LogP contribution in [0.3, 0.4) is 0 Å². The Hall–Kier alpha value is -1.32. The van der Waals surface area contributed by atoms with Crippen LogP contribution in [0.2, 0.25) is 0 Å². The van der Waals surface area contributed by atoms with E-state index < -0.39 is 0 Å². The SMILES string of the molecule is COC1(C(N)c2cc3cc(C)ccc3o2)CCCCCC1. The number of furan rings is 1. The van der Waals surface area contributed by atoms with E-state index in [9.17, 15) is 0 Å². The summed E-state index contributed by atoms with van der Waals surface area (Å²) in [5.41, 5.74) is 8.43. The van der Waals surface area contributed by atoms with Gasteiger partial charge in [0.1, 0.15) is 11.3 Å². The van der Waals surface area contributed by atoms with Crippen LogP contribution in [0.5, 0.6) is 0 Å². The van der Waals surface area contributed by atoms with Crippen LogP contribution in [-0.4, -0.2) is 12.7 Å². The number of hydrogen-bond acceptors (Lipinski definition) is 3. The van der Waals surface area contributed by atoms with Crippen molar-refractivity contribution in [3.05, 3.63) is 35.6 Å². The molecule has 3 nitrogen and oxygen atoms in total. The van der Waals surface area contributed by atoms with Crippen molar-refractivity contribution in [1.29, 1.82) is 0 Å². The first-order valence-corrected chi connectivity index (χ1v) is 7.95. The Morgan fingerprint density at radius 1 is 1.14 bits per heavy atom. The molecule has 1 aromatic heterocycles. The lowest BCUT2D eigenvalue weighted by molar-refractivity contribution is -0.0484. The maximum absolute atomic E-state index is 6.57. The van der Waals surface area contributed by atoms with Gasteiger partial charge in [-0.25, -0.2) is 0 Å². The van der Waals surface area contributed by atoms with Crippen molar-refractivity contribution in [2.24, 2.45) is 5.73 Å². The molecule has 21 heavy (non-hydrogen) atoms. The molecule has 3 rings (SSSR count). The van der Waals surface area contributed by atoms with Gasteiger partial charge >= 0.3 is 0 Å². The molecule has 0 spiro atoms. The van der Waals surface area contributed by atoms with Crippen LogP contribution in [-0.2, 0) is 4.74 Å². The zero-order chi connectivity index (χ0) is 14.9. The molecule has 1 heterocycles. The maximum Gasteiger partial charge on any atom is 0.134 e. The van der Waals surface area contributed by atoms with E-state index in [4.69, 9.17) is 14.9 Å². The molecular weight excluding hydrogens is 262 g/mol. The average molecular weight is 287 g/mol. The van der Waals surface area contributed by atoms with E-state index in [0.29, 0.717) is 0 Å². The van der Waals surface area contributed by atoms with Crippen LogP contribution in [0.4, 0.5) is 0 Å². The molecule has 0 amide bonds. The lowest BCUT2D eigenvalue weighted by atomic mass is 9.85. The maximum atomic E-state index is 6.57. The third-order valence-corrected chi connectivity index (χ3v) is 4.92. The first-order valence-electron chi connectivity index (χ1n) is 7.95. The highest BCUT2D eigenvalue weighted by molar-refractivity contribution is 5.78. The van der Waals surface area contributed by atoms with E-state index in [-0.39, 0.29) is 11.6 Å². The summed E-state index contributed by atoms with van der Waals surface area (Å²) in [4.78, 5) is 0. The second kappa shape index (κ2) is 5.82. The number of hydrogen-bond donors (Lipinski definition) is 1. The molecule has 1 aliphatic rings. The lowest BCUT2D eigenvalue weighted by Crippen LogP contribution is -2.42. The third kappa shape index (κ3) is 2.72. The molecule has 0 saturated heterocycles. The summed E-state index contributed by atoms with van der Waals surface area (Å²) in [7, 11) is 1.79. The standard InChI is InChI=1S/C18H25NO2/c1-13-7-8-15-14(11-13)12-16(21-15)17(19)18(20-2)9-5-3-4-6-10-18/h7-8,11-12,17H,3-6,9-10,19H2,1-2H3. The minimum Gasteiger partial charge on any atom is -0.459 e. The summed E-state index contributed by atoms with van der Waals surface area (Å²) in [5.74, 6) is 0.847. The third-order valence-electron chi connectivity index (χ3n) is 4.92. The zero-order valence-electron chi connectivity index (χ0n) is 13.0. The van der Waals surface area contributed by atoms with Crippen LogP contribution in [0.1, 0.15) is 55.9 Å². The highest BCUT2D eigenvalue weighted by Crippen LogP contribution is 2.40. The van der Waals surface area contributed by atoms with Crippen molar-refractivity contribution in [3.63, 3.8) is 0 Å². The number of nitrogens with two attached hydrogens (primary N) is 1. The van der Waals surface area contributed by atoms with Crippen LogP contribution in [0.25, 0.3) is 11.0 Å². The Morgan fingerprint density at radius 2 is 1.86 bits per heavy atom. The summed E-state index contributed by atoms with van der Waals surface area (Å²) in [6.45, 7) is 2.09. The summed E-state index contributed by atoms with van der Waals surface area (Å²) >= 11 is 0. The smallest absolute Gasteiger partial charge is 0.134 e. The van der Waals surface area contributed by atoms with E-state index in [1.165, 1.54) is 31.2 Å². The van der Waals surface area contributed by atoms with Crippen LogP contribution in [0.15, 0.2) is 28.7 Å². The van der Waals surface area contributed by atoms with Gasteiger partial charge in [0.25, 0.3) is 0 Å². The molecule has 1 unspecified atom stereocenters. The van der Waals surface area contributed by atoms with Crippen LogP contribution >= 0.6 is 0 Å². The van der Waals surface area contributed by atoms with Gasteiger partial charge in [-0.05, 0) is 38.0 Å². The largest absolute Gasteiger partial charge is 0.459 e. The Bertz CT molecular complexity index is 609. The second-order valence-corrected chi connectivity index (χ2v) is 6.35. The number of methoxy groups -OCH3 is 1. The van der Waals surface area contributed by atoms with E-state index in [0.717, 1.165) is 29.6 Å². The molecule has 1 aliphatic carbocycles.